The number of amides is 2. The van der Waals surface area contributed by atoms with Crippen LogP contribution in [0.3, 0.4) is 0 Å². The van der Waals surface area contributed by atoms with Gasteiger partial charge in [-0.15, -0.1) is 6.42 Å². The largest absolute Gasteiger partial charge is 0.343 e. The molecule has 0 aromatic rings. The Kier molecular flexibility index (Phi) is 3.63. The molecule has 5 aliphatic rings. The van der Waals surface area contributed by atoms with Gasteiger partial charge in [0.1, 0.15) is 6.04 Å². The van der Waals surface area contributed by atoms with Gasteiger partial charge in [0.15, 0.2) is 0 Å². The van der Waals surface area contributed by atoms with Crippen molar-refractivity contribution in [3.8, 4) is 12.3 Å². The van der Waals surface area contributed by atoms with Gasteiger partial charge < -0.3 is 10.2 Å². The average molecular weight is 314 g/mol. The Balaban J connectivity index is 1.52. The van der Waals surface area contributed by atoms with Gasteiger partial charge in [-0.25, -0.2) is 0 Å². The van der Waals surface area contributed by atoms with Crippen LogP contribution in [0.1, 0.15) is 51.4 Å². The Bertz CT molecular complexity index is 527. The molecule has 2 amide bonds. The highest BCUT2D eigenvalue weighted by Gasteiger charge is 2.56. The molecular weight excluding hydrogens is 288 g/mol. The fraction of sp³-hybridized carbons (Fsp3) is 0.789. The fourth-order valence-corrected chi connectivity index (χ4v) is 6.22. The van der Waals surface area contributed by atoms with Crippen molar-refractivity contribution in [3.05, 3.63) is 0 Å². The Labute approximate surface area is 138 Å². The van der Waals surface area contributed by atoms with Crippen molar-refractivity contribution in [1.29, 1.82) is 0 Å². The van der Waals surface area contributed by atoms with Crippen molar-refractivity contribution in [1.82, 2.24) is 10.2 Å². The Morgan fingerprint density at radius 1 is 1.13 bits per heavy atom. The van der Waals surface area contributed by atoms with Gasteiger partial charge in [-0.05, 0) is 69.1 Å². The molecule has 4 nitrogen and oxygen atoms in total. The standard InChI is InChI=1S/C19H26N2O2/c1-2-5-20-17(22)16-4-3-6-21(16)18(23)19-10-13-7-14(11-19)9-15(8-13)12-19/h1,13-16H,3-12H2,(H,20,22). The molecule has 1 N–H and O–H groups in total. The van der Waals surface area contributed by atoms with Crippen LogP contribution in [0.5, 0.6) is 0 Å². The van der Waals surface area contributed by atoms with Gasteiger partial charge in [-0.3, -0.25) is 9.59 Å². The first-order valence-electron chi connectivity index (χ1n) is 9.13. The minimum Gasteiger partial charge on any atom is -0.343 e. The highest BCUT2D eigenvalue weighted by atomic mass is 16.2. The molecule has 23 heavy (non-hydrogen) atoms. The van der Waals surface area contributed by atoms with E-state index in [1.165, 1.54) is 19.3 Å². The lowest BCUT2D eigenvalue weighted by Crippen LogP contribution is -2.57. The van der Waals surface area contributed by atoms with Crippen LogP contribution < -0.4 is 5.32 Å². The fourth-order valence-electron chi connectivity index (χ4n) is 6.22. The second-order valence-electron chi connectivity index (χ2n) is 8.28. The molecule has 1 unspecified atom stereocenters. The normalized spacial score (nSPS) is 40.9. The van der Waals surface area contributed by atoms with Gasteiger partial charge in [-0.1, -0.05) is 5.92 Å². The summed E-state index contributed by atoms with van der Waals surface area (Å²) in [7, 11) is 0. The number of carbonyl (C=O) groups excluding carboxylic acids is 2. The first kappa shape index (κ1) is 15.1. The SMILES string of the molecule is C#CCNC(=O)C1CCCN1C(=O)C12CC3CC(CC(C3)C1)C2. The first-order chi connectivity index (χ1) is 11.1. The summed E-state index contributed by atoms with van der Waals surface area (Å²) in [6.45, 7) is 0.976. The topological polar surface area (TPSA) is 49.4 Å². The van der Waals surface area contributed by atoms with E-state index in [0.717, 1.165) is 56.4 Å². The quantitative estimate of drug-likeness (QED) is 0.810. The molecule has 4 bridgehead atoms. The maximum Gasteiger partial charge on any atom is 0.243 e. The summed E-state index contributed by atoms with van der Waals surface area (Å²) in [5.41, 5.74) is -0.149. The summed E-state index contributed by atoms with van der Waals surface area (Å²) in [4.78, 5) is 27.6. The molecule has 124 valence electrons. The van der Waals surface area contributed by atoms with Crippen LogP contribution in [-0.2, 0) is 9.59 Å². The molecular formula is C19H26N2O2. The molecule has 0 aromatic carbocycles. The van der Waals surface area contributed by atoms with E-state index in [4.69, 9.17) is 6.42 Å². The van der Waals surface area contributed by atoms with E-state index in [-0.39, 0.29) is 29.8 Å². The summed E-state index contributed by atoms with van der Waals surface area (Å²) >= 11 is 0. The van der Waals surface area contributed by atoms with E-state index < -0.39 is 0 Å². The van der Waals surface area contributed by atoms with Crippen molar-refractivity contribution < 1.29 is 9.59 Å². The van der Waals surface area contributed by atoms with Crippen LogP contribution >= 0.6 is 0 Å². The van der Waals surface area contributed by atoms with Gasteiger partial charge in [0.05, 0.1) is 12.0 Å². The van der Waals surface area contributed by atoms with E-state index >= 15 is 0 Å². The van der Waals surface area contributed by atoms with Gasteiger partial charge in [0.2, 0.25) is 11.8 Å². The van der Waals surface area contributed by atoms with E-state index in [1.807, 2.05) is 4.90 Å². The predicted molar refractivity (Wildman–Crippen MR) is 87.2 cm³/mol. The zero-order valence-electron chi connectivity index (χ0n) is 13.7. The summed E-state index contributed by atoms with van der Waals surface area (Å²) in [5, 5.41) is 2.76. The van der Waals surface area contributed by atoms with Crippen molar-refractivity contribution >= 4 is 11.8 Å². The number of likely N-dealkylation sites (tertiary alicyclic amines) is 1. The van der Waals surface area contributed by atoms with Crippen LogP contribution in [0.15, 0.2) is 0 Å². The van der Waals surface area contributed by atoms with Gasteiger partial charge in [0.25, 0.3) is 0 Å². The molecule has 5 fully saturated rings. The van der Waals surface area contributed by atoms with Crippen molar-refractivity contribution in [2.75, 3.05) is 13.1 Å². The summed E-state index contributed by atoms with van der Waals surface area (Å²) in [6, 6.07) is -0.302. The average Bonchev–Trinajstić information content (AvgIpc) is 3.00. The lowest BCUT2D eigenvalue weighted by Gasteiger charge is -2.56. The van der Waals surface area contributed by atoms with E-state index in [0.29, 0.717) is 0 Å². The third-order valence-electron chi connectivity index (χ3n) is 6.67. The molecule has 0 radical (unpaired) electrons. The second kappa shape index (κ2) is 5.54. The summed E-state index contributed by atoms with van der Waals surface area (Å²) in [5.74, 6) is 4.90. The van der Waals surface area contributed by atoms with Gasteiger partial charge in [-0.2, -0.15) is 0 Å². The molecule has 4 aliphatic carbocycles. The van der Waals surface area contributed by atoms with Crippen LogP contribution in [0.2, 0.25) is 0 Å². The molecule has 1 atom stereocenters. The van der Waals surface area contributed by atoms with Crippen LogP contribution in [-0.4, -0.2) is 35.8 Å². The highest BCUT2D eigenvalue weighted by Crippen LogP contribution is 2.60. The zero-order chi connectivity index (χ0) is 16.0. The number of nitrogens with zero attached hydrogens (tertiary/aromatic N) is 1. The van der Waals surface area contributed by atoms with Crippen molar-refractivity contribution in [2.24, 2.45) is 23.2 Å². The zero-order valence-corrected chi connectivity index (χ0v) is 13.7. The van der Waals surface area contributed by atoms with Crippen molar-refractivity contribution in [3.63, 3.8) is 0 Å². The van der Waals surface area contributed by atoms with Crippen LogP contribution in [0, 0.1) is 35.5 Å². The number of rotatable bonds is 3. The minimum absolute atomic E-state index is 0.0708. The van der Waals surface area contributed by atoms with Crippen LogP contribution in [0.25, 0.3) is 0 Å². The molecule has 1 saturated heterocycles. The monoisotopic (exact) mass is 314 g/mol. The number of hydrogen-bond donors (Lipinski definition) is 1. The number of hydrogen-bond acceptors (Lipinski definition) is 2. The maximum atomic E-state index is 13.4. The molecule has 1 heterocycles. The molecule has 0 spiro atoms. The summed E-state index contributed by atoms with van der Waals surface area (Å²) < 4.78 is 0. The van der Waals surface area contributed by atoms with Gasteiger partial charge in [0, 0.05) is 6.54 Å². The third kappa shape index (κ3) is 2.45. The molecule has 1 aliphatic heterocycles. The lowest BCUT2D eigenvalue weighted by atomic mass is 9.49. The van der Waals surface area contributed by atoms with Gasteiger partial charge >= 0.3 is 0 Å². The first-order valence-corrected chi connectivity index (χ1v) is 9.13. The van der Waals surface area contributed by atoms with E-state index in [2.05, 4.69) is 11.2 Å². The number of carbonyl (C=O) groups is 2. The maximum absolute atomic E-state index is 13.4. The Morgan fingerprint density at radius 3 is 2.30 bits per heavy atom. The lowest BCUT2D eigenvalue weighted by molar-refractivity contribution is -0.160. The van der Waals surface area contributed by atoms with Crippen LogP contribution in [0.4, 0.5) is 0 Å². The highest BCUT2D eigenvalue weighted by molar-refractivity contribution is 5.91. The summed E-state index contributed by atoms with van der Waals surface area (Å²) in [6.07, 6.45) is 14.1. The second-order valence-corrected chi connectivity index (χ2v) is 8.28. The third-order valence-corrected chi connectivity index (χ3v) is 6.67. The minimum atomic E-state index is -0.302. The molecule has 5 rings (SSSR count). The smallest absolute Gasteiger partial charge is 0.243 e. The van der Waals surface area contributed by atoms with E-state index in [1.54, 1.807) is 0 Å². The predicted octanol–water partition coefficient (Wildman–Crippen LogP) is 1.94. The Morgan fingerprint density at radius 2 is 1.74 bits per heavy atom. The Hall–Kier alpha value is -1.50. The number of terminal acetylenes is 1. The molecule has 4 heteroatoms. The molecule has 0 aromatic heterocycles. The van der Waals surface area contributed by atoms with Crippen molar-refractivity contribution in [2.45, 2.75) is 57.4 Å². The molecule has 4 saturated carbocycles. The van der Waals surface area contributed by atoms with E-state index in [9.17, 15) is 9.59 Å². The number of nitrogens with one attached hydrogen (secondary N) is 1.